The molecule has 0 heterocycles. The summed E-state index contributed by atoms with van der Waals surface area (Å²) < 4.78 is 0. The lowest BCUT2D eigenvalue weighted by atomic mass is 10.4. The second-order valence-electron chi connectivity index (χ2n) is 1.41. The molecule has 0 unspecified atom stereocenters. The van der Waals surface area contributed by atoms with Gasteiger partial charge in [-0.05, 0) is 0 Å². The molecule has 5 heteroatoms. The lowest BCUT2D eigenvalue weighted by Gasteiger charge is -1.96. The minimum absolute atomic E-state index is 0.365. The first-order valence-electron chi connectivity index (χ1n) is 2.49. The first-order valence-corrected chi connectivity index (χ1v) is 2.49. The Morgan fingerprint density at radius 3 is 1.60 bits per heavy atom. The van der Waals surface area contributed by atoms with Crippen LogP contribution in [0.5, 0.6) is 0 Å². The third kappa shape index (κ3) is 26.4. The van der Waals surface area contributed by atoms with Crippen LogP contribution in [0.1, 0.15) is 0 Å². The number of rotatable bonds is 2. The van der Waals surface area contributed by atoms with E-state index in [1.807, 2.05) is 0 Å². The third-order valence-corrected chi connectivity index (χ3v) is 0.421. The van der Waals surface area contributed by atoms with Gasteiger partial charge < -0.3 is 20.4 Å². The molecule has 0 amide bonds. The van der Waals surface area contributed by atoms with Crippen molar-refractivity contribution in [3.63, 3.8) is 0 Å². The first kappa shape index (κ1) is 12.1. The Balaban J connectivity index is 0. The van der Waals surface area contributed by atoms with E-state index in [-0.39, 0.29) is 13.2 Å². The molecular formula is C5H11O5. The second-order valence-corrected chi connectivity index (χ2v) is 1.41. The molecule has 0 aromatic carbocycles. The van der Waals surface area contributed by atoms with E-state index in [0.29, 0.717) is 0 Å². The van der Waals surface area contributed by atoms with Crippen LogP contribution in [0, 0.1) is 6.92 Å². The van der Waals surface area contributed by atoms with Crippen molar-refractivity contribution in [1.29, 1.82) is 0 Å². The highest BCUT2D eigenvalue weighted by Gasteiger charge is 1.93. The van der Waals surface area contributed by atoms with Crippen molar-refractivity contribution in [2.24, 2.45) is 0 Å². The summed E-state index contributed by atoms with van der Waals surface area (Å²) in [6, 6.07) is 0. The Morgan fingerprint density at radius 2 is 1.60 bits per heavy atom. The van der Waals surface area contributed by atoms with Crippen molar-refractivity contribution >= 4 is 5.97 Å². The number of aliphatic hydroxyl groups is 3. The summed E-state index contributed by atoms with van der Waals surface area (Å²) in [6.45, 7) is 1.83. The lowest BCUT2D eigenvalue weighted by Crippen LogP contribution is -2.15. The van der Waals surface area contributed by atoms with Gasteiger partial charge in [0.25, 0.3) is 0 Å². The number of aliphatic hydroxyl groups excluding tert-OH is 3. The van der Waals surface area contributed by atoms with E-state index < -0.39 is 12.1 Å². The predicted octanol–water partition coefficient (Wildman–Crippen LogP) is -1.76. The highest BCUT2D eigenvalue weighted by atomic mass is 16.4. The minimum Gasteiger partial charge on any atom is -0.481 e. The summed E-state index contributed by atoms with van der Waals surface area (Å²) >= 11 is 0. The van der Waals surface area contributed by atoms with Crippen LogP contribution >= 0.6 is 0 Å². The lowest BCUT2D eigenvalue weighted by molar-refractivity contribution is -0.131. The Bertz CT molecular complexity index is 74.1. The molecule has 61 valence electrons. The molecule has 4 N–H and O–H groups in total. The van der Waals surface area contributed by atoms with Gasteiger partial charge in [-0.3, -0.25) is 4.79 Å². The zero-order chi connectivity index (χ0) is 8.57. The summed E-state index contributed by atoms with van der Waals surface area (Å²) in [6.07, 6.45) is -0.954. The van der Waals surface area contributed by atoms with E-state index in [2.05, 4.69) is 6.92 Å². The molecule has 0 atom stereocenters. The molecule has 0 aromatic rings. The number of hydrogen-bond donors (Lipinski definition) is 4. The van der Waals surface area contributed by atoms with E-state index in [1.54, 1.807) is 0 Å². The largest absolute Gasteiger partial charge is 0.481 e. The monoisotopic (exact) mass is 151 g/mol. The zero-order valence-electron chi connectivity index (χ0n) is 5.40. The van der Waals surface area contributed by atoms with Crippen molar-refractivity contribution in [2.75, 3.05) is 13.2 Å². The van der Waals surface area contributed by atoms with Gasteiger partial charge in [-0.15, -0.1) is 0 Å². The van der Waals surface area contributed by atoms with Gasteiger partial charge >= 0.3 is 5.97 Å². The summed E-state index contributed by atoms with van der Waals surface area (Å²) in [5.41, 5.74) is 0. The molecule has 0 saturated carbocycles. The maximum Gasteiger partial charge on any atom is 0.303 e. The van der Waals surface area contributed by atoms with Gasteiger partial charge in [0.05, 0.1) is 20.1 Å². The van der Waals surface area contributed by atoms with Crippen molar-refractivity contribution in [3.8, 4) is 0 Å². The van der Waals surface area contributed by atoms with Crippen LogP contribution in [0.15, 0.2) is 0 Å². The predicted molar refractivity (Wildman–Crippen MR) is 33.2 cm³/mol. The van der Waals surface area contributed by atoms with Crippen LogP contribution in [0.25, 0.3) is 0 Å². The molecule has 0 aliphatic heterocycles. The quantitative estimate of drug-likeness (QED) is 0.374. The van der Waals surface area contributed by atoms with Crippen molar-refractivity contribution in [2.45, 2.75) is 6.10 Å². The van der Waals surface area contributed by atoms with E-state index >= 15 is 0 Å². The van der Waals surface area contributed by atoms with Crippen LogP contribution in [0.4, 0.5) is 0 Å². The van der Waals surface area contributed by atoms with Gasteiger partial charge in [0.2, 0.25) is 0 Å². The molecule has 0 spiro atoms. The normalized spacial score (nSPS) is 8.50. The van der Waals surface area contributed by atoms with E-state index in [0.717, 1.165) is 0 Å². The second kappa shape index (κ2) is 8.35. The van der Waals surface area contributed by atoms with Crippen LogP contribution in [-0.4, -0.2) is 45.7 Å². The number of carboxylic acid groups (broad SMARTS) is 1. The molecule has 0 saturated heterocycles. The van der Waals surface area contributed by atoms with Gasteiger partial charge in [0.15, 0.2) is 0 Å². The summed E-state index contributed by atoms with van der Waals surface area (Å²) in [5.74, 6) is -1.08. The Morgan fingerprint density at radius 1 is 1.40 bits per heavy atom. The summed E-state index contributed by atoms with van der Waals surface area (Å²) in [5, 5.41) is 31.3. The van der Waals surface area contributed by atoms with Crippen LogP contribution in [0.2, 0.25) is 0 Å². The maximum absolute atomic E-state index is 8.89. The molecular weight excluding hydrogens is 140 g/mol. The fourth-order valence-corrected chi connectivity index (χ4v) is 0.0577. The third-order valence-electron chi connectivity index (χ3n) is 0.421. The molecule has 0 fully saturated rings. The SMILES string of the molecule is OCC(O)CO.[CH2]C(=O)O. The average Bonchev–Trinajstić information content (AvgIpc) is 1.85. The zero-order valence-corrected chi connectivity index (χ0v) is 5.40. The van der Waals surface area contributed by atoms with Crippen LogP contribution in [0.3, 0.4) is 0 Å². The first-order chi connectivity index (χ1) is 4.54. The van der Waals surface area contributed by atoms with Gasteiger partial charge in [0.1, 0.15) is 6.10 Å². The Hall–Kier alpha value is -0.650. The topological polar surface area (TPSA) is 98.0 Å². The van der Waals surface area contributed by atoms with Gasteiger partial charge in [-0.1, -0.05) is 0 Å². The average molecular weight is 151 g/mol. The number of carbonyl (C=O) groups is 1. The van der Waals surface area contributed by atoms with Gasteiger partial charge in [-0.2, -0.15) is 0 Å². The number of aliphatic carboxylic acids is 1. The molecule has 0 aromatic heterocycles. The molecule has 1 radical (unpaired) electrons. The van der Waals surface area contributed by atoms with E-state index in [1.165, 1.54) is 0 Å². The van der Waals surface area contributed by atoms with E-state index in [4.69, 9.17) is 25.2 Å². The molecule has 0 bridgehead atoms. The fourth-order valence-electron chi connectivity index (χ4n) is 0.0577. The van der Waals surface area contributed by atoms with Gasteiger partial charge in [0, 0.05) is 0 Å². The highest BCUT2D eigenvalue weighted by Crippen LogP contribution is 1.71. The number of carboxylic acids is 1. The molecule has 0 aliphatic carbocycles. The van der Waals surface area contributed by atoms with Gasteiger partial charge in [-0.25, -0.2) is 0 Å². The fraction of sp³-hybridized carbons (Fsp3) is 0.600. The van der Waals surface area contributed by atoms with Crippen molar-refractivity contribution in [1.82, 2.24) is 0 Å². The summed E-state index contributed by atoms with van der Waals surface area (Å²) in [4.78, 5) is 8.89. The van der Waals surface area contributed by atoms with Crippen LogP contribution < -0.4 is 0 Å². The van der Waals surface area contributed by atoms with Crippen LogP contribution in [-0.2, 0) is 4.79 Å². The van der Waals surface area contributed by atoms with Crippen molar-refractivity contribution < 1.29 is 25.2 Å². The minimum atomic E-state index is -1.08. The Kier molecular flexibility index (Phi) is 10.1. The molecule has 10 heavy (non-hydrogen) atoms. The smallest absolute Gasteiger partial charge is 0.303 e. The van der Waals surface area contributed by atoms with Crippen molar-refractivity contribution in [3.05, 3.63) is 6.92 Å². The Labute approximate surface area is 58.5 Å². The summed E-state index contributed by atoms with van der Waals surface area (Å²) in [7, 11) is 0. The van der Waals surface area contributed by atoms with E-state index in [9.17, 15) is 0 Å². The maximum atomic E-state index is 8.89. The number of hydrogen-bond acceptors (Lipinski definition) is 4. The highest BCUT2D eigenvalue weighted by molar-refractivity contribution is 5.71. The molecule has 0 rings (SSSR count). The molecule has 5 nitrogen and oxygen atoms in total. The standard InChI is InChI=1S/C3H8O3.C2H3O2/c4-1-3(6)2-5;1-2(3)4/h3-6H,1-2H2;1H2,(H,3,4). The molecule has 0 aliphatic rings.